The molecule has 0 aromatic heterocycles. The molecule has 0 unspecified atom stereocenters. The number of hydrogen-bond acceptors (Lipinski definition) is 5. The highest BCUT2D eigenvalue weighted by atomic mass is 35.5. The zero-order valence-corrected chi connectivity index (χ0v) is 18.6. The molecule has 0 radical (unpaired) electrons. The monoisotopic (exact) mass is 448 g/mol. The fourth-order valence-electron chi connectivity index (χ4n) is 3.59. The minimum absolute atomic E-state index is 0.130. The number of para-hydroxylation sites is 3. The molecule has 2 amide bonds. The molecule has 0 aliphatic carbocycles. The summed E-state index contributed by atoms with van der Waals surface area (Å²) in [5.74, 6) is -0.0956. The molecular formula is C25H21ClN2O4. The Balaban J connectivity index is 1.89. The van der Waals surface area contributed by atoms with Gasteiger partial charge in [-0.25, -0.2) is 4.90 Å². The van der Waals surface area contributed by atoms with Crippen LogP contribution in [0.1, 0.15) is 11.1 Å². The zero-order chi connectivity index (χ0) is 22.8. The van der Waals surface area contributed by atoms with Gasteiger partial charge in [-0.2, -0.15) is 0 Å². The lowest BCUT2D eigenvalue weighted by atomic mass is 10.0. The van der Waals surface area contributed by atoms with Gasteiger partial charge in [0.2, 0.25) is 0 Å². The smallest absolute Gasteiger partial charge is 0.282 e. The second-order valence-corrected chi connectivity index (χ2v) is 7.56. The van der Waals surface area contributed by atoms with E-state index >= 15 is 0 Å². The molecule has 1 heterocycles. The second kappa shape index (κ2) is 8.77. The Hall–Kier alpha value is -3.77. The molecule has 4 rings (SSSR count). The van der Waals surface area contributed by atoms with E-state index in [4.69, 9.17) is 21.1 Å². The average Bonchev–Trinajstić information content (AvgIpc) is 3.05. The van der Waals surface area contributed by atoms with Crippen LogP contribution in [0.5, 0.6) is 11.5 Å². The first-order chi connectivity index (χ1) is 15.5. The molecule has 0 atom stereocenters. The van der Waals surface area contributed by atoms with Gasteiger partial charge in [-0.05, 0) is 42.8 Å². The van der Waals surface area contributed by atoms with E-state index in [1.807, 2.05) is 13.0 Å². The van der Waals surface area contributed by atoms with E-state index in [1.54, 1.807) is 60.7 Å². The number of methoxy groups -OCH3 is 2. The van der Waals surface area contributed by atoms with Crippen LogP contribution in [0, 0.1) is 6.92 Å². The van der Waals surface area contributed by atoms with E-state index in [2.05, 4.69) is 5.32 Å². The first-order valence-corrected chi connectivity index (χ1v) is 10.3. The average molecular weight is 449 g/mol. The third-order valence-corrected chi connectivity index (χ3v) is 5.63. The van der Waals surface area contributed by atoms with Crippen LogP contribution in [0.25, 0.3) is 5.57 Å². The van der Waals surface area contributed by atoms with Crippen molar-refractivity contribution in [3.8, 4) is 11.5 Å². The minimum atomic E-state index is -0.503. The van der Waals surface area contributed by atoms with Crippen LogP contribution in [-0.4, -0.2) is 26.0 Å². The Morgan fingerprint density at radius 2 is 1.50 bits per heavy atom. The van der Waals surface area contributed by atoms with E-state index in [-0.39, 0.29) is 11.3 Å². The summed E-state index contributed by atoms with van der Waals surface area (Å²) in [5.41, 5.74) is 2.69. The molecule has 1 aliphatic heterocycles. The third-order valence-electron chi connectivity index (χ3n) is 5.23. The summed E-state index contributed by atoms with van der Waals surface area (Å²) >= 11 is 6.27. The van der Waals surface area contributed by atoms with Crippen molar-refractivity contribution in [1.82, 2.24) is 0 Å². The number of benzene rings is 3. The Kier molecular flexibility index (Phi) is 5.88. The van der Waals surface area contributed by atoms with Crippen LogP contribution in [0.3, 0.4) is 0 Å². The van der Waals surface area contributed by atoms with E-state index < -0.39 is 11.8 Å². The zero-order valence-electron chi connectivity index (χ0n) is 17.8. The van der Waals surface area contributed by atoms with Crippen molar-refractivity contribution in [2.24, 2.45) is 0 Å². The number of halogens is 1. The van der Waals surface area contributed by atoms with Crippen molar-refractivity contribution >= 4 is 40.4 Å². The van der Waals surface area contributed by atoms with Crippen molar-refractivity contribution in [2.75, 3.05) is 24.4 Å². The van der Waals surface area contributed by atoms with E-state index in [0.717, 1.165) is 10.5 Å². The Labute approximate surface area is 191 Å². The summed E-state index contributed by atoms with van der Waals surface area (Å²) < 4.78 is 10.9. The van der Waals surface area contributed by atoms with Gasteiger partial charge in [-0.1, -0.05) is 48.0 Å². The number of hydrogen-bond donors (Lipinski definition) is 1. The van der Waals surface area contributed by atoms with Crippen molar-refractivity contribution in [3.05, 3.63) is 88.6 Å². The predicted octanol–water partition coefficient (Wildman–Crippen LogP) is 5.06. The summed E-state index contributed by atoms with van der Waals surface area (Å²) in [4.78, 5) is 28.3. The number of nitrogens with zero attached hydrogens (tertiary/aromatic N) is 1. The lowest BCUT2D eigenvalue weighted by Gasteiger charge is -2.18. The maximum Gasteiger partial charge on any atom is 0.282 e. The second-order valence-electron chi connectivity index (χ2n) is 7.16. The van der Waals surface area contributed by atoms with Gasteiger partial charge in [-0.15, -0.1) is 0 Å². The number of ether oxygens (including phenoxy) is 2. The maximum atomic E-state index is 13.6. The standard InChI is InChI=1S/C25H21ClN2O4/c1-15-12-13-16(14-18(15)26)27-23-22(17-8-4-6-10-20(17)31-2)24(29)28(25(23)30)19-9-5-7-11-21(19)32-3/h4-14,27H,1-3H3. The molecule has 162 valence electrons. The van der Waals surface area contributed by atoms with Gasteiger partial charge >= 0.3 is 0 Å². The number of carbonyl (C=O) groups excluding carboxylic acids is 2. The van der Waals surface area contributed by atoms with Crippen LogP contribution in [0.2, 0.25) is 5.02 Å². The van der Waals surface area contributed by atoms with Crippen LogP contribution in [-0.2, 0) is 9.59 Å². The van der Waals surface area contributed by atoms with Crippen molar-refractivity contribution in [1.29, 1.82) is 0 Å². The molecule has 3 aromatic carbocycles. The quantitative estimate of drug-likeness (QED) is 0.534. The molecule has 1 N–H and O–H groups in total. The summed E-state index contributed by atoms with van der Waals surface area (Å²) in [6.07, 6.45) is 0. The van der Waals surface area contributed by atoms with E-state index in [9.17, 15) is 9.59 Å². The fraction of sp³-hybridized carbons (Fsp3) is 0.120. The van der Waals surface area contributed by atoms with Crippen LogP contribution < -0.4 is 19.7 Å². The molecular weight excluding hydrogens is 428 g/mol. The van der Waals surface area contributed by atoms with Gasteiger partial charge in [-0.3, -0.25) is 9.59 Å². The summed E-state index contributed by atoms with van der Waals surface area (Å²) in [6, 6.07) is 19.3. The number of nitrogens with one attached hydrogen (secondary N) is 1. The Bertz CT molecular complexity index is 1250. The predicted molar refractivity (Wildman–Crippen MR) is 125 cm³/mol. The van der Waals surface area contributed by atoms with Gasteiger partial charge in [0, 0.05) is 16.3 Å². The van der Waals surface area contributed by atoms with Crippen LogP contribution >= 0.6 is 11.6 Å². The molecule has 6 nitrogen and oxygen atoms in total. The highest BCUT2D eigenvalue weighted by Crippen LogP contribution is 2.40. The summed E-state index contributed by atoms with van der Waals surface area (Å²) in [6.45, 7) is 1.89. The number of amides is 2. The number of anilines is 2. The topological polar surface area (TPSA) is 67.9 Å². The molecule has 0 saturated carbocycles. The first kappa shape index (κ1) is 21.5. The number of rotatable bonds is 6. The van der Waals surface area contributed by atoms with Gasteiger partial charge in [0.05, 0.1) is 25.5 Å². The molecule has 0 spiro atoms. The maximum absolute atomic E-state index is 13.6. The number of carbonyl (C=O) groups is 2. The SMILES string of the molecule is COc1ccccc1C1=C(Nc2ccc(C)c(Cl)c2)C(=O)N(c2ccccc2OC)C1=O. The van der Waals surface area contributed by atoms with Crippen molar-refractivity contribution < 1.29 is 19.1 Å². The molecule has 0 saturated heterocycles. The summed E-state index contributed by atoms with van der Waals surface area (Å²) in [5, 5.41) is 3.66. The molecule has 0 bridgehead atoms. The van der Waals surface area contributed by atoms with Crippen molar-refractivity contribution in [2.45, 2.75) is 6.92 Å². The molecule has 7 heteroatoms. The summed E-state index contributed by atoms with van der Waals surface area (Å²) in [7, 11) is 3.01. The minimum Gasteiger partial charge on any atom is -0.496 e. The highest BCUT2D eigenvalue weighted by molar-refractivity contribution is 6.46. The lowest BCUT2D eigenvalue weighted by molar-refractivity contribution is -0.120. The lowest BCUT2D eigenvalue weighted by Crippen LogP contribution is -2.32. The van der Waals surface area contributed by atoms with E-state index in [0.29, 0.717) is 33.5 Å². The van der Waals surface area contributed by atoms with Crippen molar-refractivity contribution in [3.63, 3.8) is 0 Å². The fourth-order valence-corrected chi connectivity index (χ4v) is 3.78. The molecule has 32 heavy (non-hydrogen) atoms. The largest absolute Gasteiger partial charge is 0.496 e. The Morgan fingerprint density at radius 1 is 0.844 bits per heavy atom. The van der Waals surface area contributed by atoms with Gasteiger partial charge < -0.3 is 14.8 Å². The third kappa shape index (κ3) is 3.69. The molecule has 0 fully saturated rings. The molecule has 1 aliphatic rings. The molecule has 3 aromatic rings. The van der Waals surface area contributed by atoms with E-state index in [1.165, 1.54) is 14.2 Å². The first-order valence-electron chi connectivity index (χ1n) is 9.89. The van der Waals surface area contributed by atoms with Crippen LogP contribution in [0.15, 0.2) is 72.4 Å². The normalized spacial score (nSPS) is 13.6. The van der Waals surface area contributed by atoms with Gasteiger partial charge in [0.15, 0.2) is 0 Å². The Morgan fingerprint density at radius 3 is 2.19 bits per heavy atom. The van der Waals surface area contributed by atoms with Crippen LogP contribution in [0.4, 0.5) is 11.4 Å². The van der Waals surface area contributed by atoms with Gasteiger partial charge in [0.1, 0.15) is 17.2 Å². The number of imide groups is 1. The highest BCUT2D eigenvalue weighted by Gasteiger charge is 2.42. The number of aryl methyl sites for hydroxylation is 1. The van der Waals surface area contributed by atoms with Gasteiger partial charge in [0.25, 0.3) is 11.8 Å².